The molecule has 0 saturated heterocycles. The monoisotopic (exact) mass is 404 g/mol. The molecule has 1 aliphatic rings. The van der Waals surface area contributed by atoms with E-state index in [-0.39, 0.29) is 19.3 Å². The van der Waals surface area contributed by atoms with Gasteiger partial charge in [0.05, 0.1) is 13.3 Å². The summed E-state index contributed by atoms with van der Waals surface area (Å²) in [6, 6.07) is 20.9. The molecule has 0 bridgehead atoms. The number of hydrogen-bond acceptors (Lipinski definition) is 6. The zero-order valence-electron chi connectivity index (χ0n) is 16.3. The second-order valence-electron chi connectivity index (χ2n) is 6.40. The number of fused-ring (bicyclic) bond motifs is 1. The standard InChI is InChI=1S/C23H20N2O5/c1-27-20-11-16(12-21-23(20)30-15-29-21)13-24-25-22(26)14-28-19-10-6-5-9-18(19)17-7-3-2-4-8-17/h2-13H,14-15H2,1H3,(H,25,26)/b24-13+. The maximum absolute atomic E-state index is 12.1. The Balaban J connectivity index is 1.37. The van der Waals surface area contributed by atoms with Crippen LogP contribution in [-0.4, -0.2) is 32.6 Å². The Morgan fingerprint density at radius 1 is 1.07 bits per heavy atom. The van der Waals surface area contributed by atoms with Crippen LogP contribution in [0.4, 0.5) is 0 Å². The fraction of sp³-hybridized carbons (Fsp3) is 0.130. The number of nitrogens with one attached hydrogen (secondary N) is 1. The molecule has 7 heteroatoms. The summed E-state index contributed by atoms with van der Waals surface area (Å²) in [6.45, 7) is -0.0174. The van der Waals surface area contributed by atoms with Gasteiger partial charge < -0.3 is 18.9 Å². The van der Waals surface area contributed by atoms with Crippen molar-refractivity contribution in [3.05, 3.63) is 72.3 Å². The first-order valence-corrected chi connectivity index (χ1v) is 9.31. The molecular formula is C23H20N2O5. The van der Waals surface area contributed by atoms with E-state index >= 15 is 0 Å². The van der Waals surface area contributed by atoms with Crippen molar-refractivity contribution in [2.75, 3.05) is 20.5 Å². The maximum atomic E-state index is 12.1. The zero-order chi connectivity index (χ0) is 20.8. The van der Waals surface area contributed by atoms with E-state index in [9.17, 15) is 4.79 Å². The highest BCUT2D eigenvalue weighted by molar-refractivity contribution is 5.85. The van der Waals surface area contributed by atoms with Crippen molar-refractivity contribution in [2.24, 2.45) is 5.10 Å². The average Bonchev–Trinajstić information content (AvgIpc) is 3.27. The van der Waals surface area contributed by atoms with Crippen molar-refractivity contribution in [3.63, 3.8) is 0 Å². The van der Waals surface area contributed by atoms with E-state index in [1.54, 1.807) is 19.2 Å². The molecule has 3 aromatic rings. The molecule has 0 atom stereocenters. The fourth-order valence-corrected chi connectivity index (χ4v) is 3.03. The predicted octanol–water partition coefficient (Wildman–Crippen LogP) is 3.62. The molecule has 1 N–H and O–H groups in total. The van der Waals surface area contributed by atoms with Crippen LogP contribution >= 0.6 is 0 Å². The molecule has 1 heterocycles. The lowest BCUT2D eigenvalue weighted by Crippen LogP contribution is -2.24. The van der Waals surface area contributed by atoms with E-state index in [2.05, 4.69) is 10.5 Å². The van der Waals surface area contributed by atoms with Crippen LogP contribution < -0.4 is 24.4 Å². The summed E-state index contributed by atoms with van der Waals surface area (Å²) in [6.07, 6.45) is 1.50. The van der Waals surface area contributed by atoms with Crippen LogP contribution in [0, 0.1) is 0 Å². The number of para-hydroxylation sites is 1. The number of amides is 1. The first-order chi connectivity index (χ1) is 14.7. The Kier molecular flexibility index (Phi) is 5.80. The molecule has 0 spiro atoms. The minimum Gasteiger partial charge on any atom is -0.493 e. The highest BCUT2D eigenvalue weighted by atomic mass is 16.7. The number of benzene rings is 3. The molecule has 0 unspecified atom stereocenters. The first kappa shape index (κ1) is 19.3. The Labute approximate surface area is 173 Å². The van der Waals surface area contributed by atoms with Crippen LogP contribution in [0.5, 0.6) is 23.0 Å². The van der Waals surface area contributed by atoms with Crippen molar-refractivity contribution in [1.82, 2.24) is 5.43 Å². The van der Waals surface area contributed by atoms with Gasteiger partial charge in [-0.1, -0.05) is 48.5 Å². The van der Waals surface area contributed by atoms with E-state index in [1.807, 2.05) is 54.6 Å². The third kappa shape index (κ3) is 4.35. The highest BCUT2D eigenvalue weighted by Gasteiger charge is 2.19. The van der Waals surface area contributed by atoms with Crippen LogP contribution in [-0.2, 0) is 4.79 Å². The second kappa shape index (κ2) is 9.00. The number of hydrazone groups is 1. The van der Waals surface area contributed by atoms with Gasteiger partial charge in [-0.05, 0) is 23.8 Å². The van der Waals surface area contributed by atoms with E-state index in [0.717, 1.165) is 11.1 Å². The molecule has 0 saturated carbocycles. The molecule has 7 nitrogen and oxygen atoms in total. The summed E-state index contributed by atoms with van der Waals surface area (Å²) in [4.78, 5) is 12.1. The van der Waals surface area contributed by atoms with E-state index in [1.165, 1.54) is 6.21 Å². The third-order valence-corrected chi connectivity index (χ3v) is 4.41. The molecule has 1 aliphatic heterocycles. The fourth-order valence-electron chi connectivity index (χ4n) is 3.03. The molecule has 0 fully saturated rings. The molecule has 30 heavy (non-hydrogen) atoms. The second-order valence-corrected chi connectivity index (χ2v) is 6.40. The Morgan fingerprint density at radius 3 is 2.70 bits per heavy atom. The quantitative estimate of drug-likeness (QED) is 0.481. The van der Waals surface area contributed by atoms with Gasteiger partial charge in [0.15, 0.2) is 18.1 Å². The van der Waals surface area contributed by atoms with Gasteiger partial charge in [-0.2, -0.15) is 5.10 Å². The van der Waals surface area contributed by atoms with Crippen molar-refractivity contribution in [1.29, 1.82) is 0 Å². The zero-order valence-corrected chi connectivity index (χ0v) is 16.3. The number of carbonyl (C=O) groups excluding carboxylic acids is 1. The Morgan fingerprint density at radius 2 is 1.87 bits per heavy atom. The number of hydrogen-bond donors (Lipinski definition) is 1. The summed E-state index contributed by atoms with van der Waals surface area (Å²) in [5, 5.41) is 3.98. The van der Waals surface area contributed by atoms with Crippen molar-refractivity contribution >= 4 is 12.1 Å². The lowest BCUT2D eigenvalue weighted by atomic mass is 10.1. The molecule has 0 radical (unpaired) electrons. The van der Waals surface area contributed by atoms with E-state index in [4.69, 9.17) is 18.9 Å². The van der Waals surface area contributed by atoms with Gasteiger partial charge in [0.1, 0.15) is 5.75 Å². The van der Waals surface area contributed by atoms with E-state index < -0.39 is 0 Å². The first-order valence-electron chi connectivity index (χ1n) is 9.31. The molecule has 1 amide bonds. The van der Waals surface area contributed by atoms with Gasteiger partial charge in [0.25, 0.3) is 5.91 Å². The van der Waals surface area contributed by atoms with Gasteiger partial charge in [0.2, 0.25) is 12.5 Å². The number of ether oxygens (including phenoxy) is 4. The number of nitrogens with zero attached hydrogens (tertiary/aromatic N) is 1. The van der Waals surface area contributed by atoms with Crippen LogP contribution in [0.3, 0.4) is 0 Å². The lowest BCUT2D eigenvalue weighted by molar-refractivity contribution is -0.123. The minimum absolute atomic E-state index is 0.144. The van der Waals surface area contributed by atoms with E-state index in [0.29, 0.717) is 28.6 Å². The number of carbonyl (C=O) groups is 1. The SMILES string of the molecule is COc1cc(/C=N/NC(=O)COc2ccccc2-c2ccccc2)cc2c1OCO2. The normalized spacial score (nSPS) is 12.0. The summed E-state index contributed by atoms with van der Waals surface area (Å²) in [7, 11) is 1.55. The molecule has 0 aromatic heterocycles. The molecule has 152 valence electrons. The van der Waals surface area contributed by atoms with Gasteiger partial charge in [0, 0.05) is 11.1 Å². The topological polar surface area (TPSA) is 78.4 Å². The van der Waals surface area contributed by atoms with Crippen LogP contribution in [0.2, 0.25) is 0 Å². The molecule has 0 aliphatic carbocycles. The highest BCUT2D eigenvalue weighted by Crippen LogP contribution is 2.41. The Bertz CT molecular complexity index is 1070. The van der Waals surface area contributed by atoms with Gasteiger partial charge >= 0.3 is 0 Å². The molecule has 3 aromatic carbocycles. The summed E-state index contributed by atoms with van der Waals surface area (Å²) < 4.78 is 21.7. The van der Waals surface area contributed by atoms with Crippen molar-refractivity contribution < 1.29 is 23.7 Å². The third-order valence-electron chi connectivity index (χ3n) is 4.41. The van der Waals surface area contributed by atoms with Crippen LogP contribution in [0.15, 0.2) is 71.8 Å². The summed E-state index contributed by atoms with van der Waals surface area (Å²) in [5.41, 5.74) is 5.09. The molecular weight excluding hydrogens is 384 g/mol. The van der Waals surface area contributed by atoms with Gasteiger partial charge in [-0.3, -0.25) is 4.79 Å². The summed E-state index contributed by atoms with van der Waals surface area (Å²) in [5.74, 6) is 1.93. The lowest BCUT2D eigenvalue weighted by Gasteiger charge is -2.11. The van der Waals surface area contributed by atoms with Crippen LogP contribution in [0.1, 0.15) is 5.56 Å². The summed E-state index contributed by atoms with van der Waals surface area (Å²) >= 11 is 0. The Hall–Kier alpha value is -4.00. The van der Waals surface area contributed by atoms with Gasteiger partial charge in [-0.25, -0.2) is 5.43 Å². The van der Waals surface area contributed by atoms with Crippen molar-refractivity contribution in [3.8, 4) is 34.1 Å². The molecule has 4 rings (SSSR count). The van der Waals surface area contributed by atoms with Crippen LogP contribution in [0.25, 0.3) is 11.1 Å². The smallest absolute Gasteiger partial charge is 0.277 e. The minimum atomic E-state index is -0.373. The number of rotatable bonds is 7. The largest absolute Gasteiger partial charge is 0.493 e. The predicted molar refractivity (Wildman–Crippen MR) is 112 cm³/mol. The van der Waals surface area contributed by atoms with Gasteiger partial charge in [-0.15, -0.1) is 0 Å². The number of methoxy groups -OCH3 is 1. The van der Waals surface area contributed by atoms with Crippen molar-refractivity contribution in [2.45, 2.75) is 0 Å². The average molecular weight is 404 g/mol. The maximum Gasteiger partial charge on any atom is 0.277 e.